The standard InChI is InChI=1S/C29H31IN4O4S/c1-17-8-7-9-18(2)24(17)37-12-13-38-25-22(30)15-19(16-23(25)36-3)14-21-26(31)34-29(32-27(21)35)39-28(33-34)20-10-5-4-6-11-20/h7-9,14-16,20,31H,4-6,10-13H2,1-3H3/b21-14-,31-26?. The summed E-state index contributed by atoms with van der Waals surface area (Å²) in [4.78, 5) is 17.2. The van der Waals surface area contributed by atoms with Crippen molar-refractivity contribution >= 4 is 62.4 Å². The zero-order valence-corrected chi connectivity index (χ0v) is 25.2. The second-order valence-electron chi connectivity index (χ2n) is 9.75. The molecule has 1 fully saturated rings. The summed E-state index contributed by atoms with van der Waals surface area (Å²) < 4.78 is 18.4. The number of amides is 1. The van der Waals surface area contributed by atoms with Crippen LogP contribution in [0.25, 0.3) is 6.08 Å². The summed E-state index contributed by atoms with van der Waals surface area (Å²) >= 11 is 3.61. The molecule has 1 saturated carbocycles. The Morgan fingerprint density at radius 2 is 1.79 bits per heavy atom. The van der Waals surface area contributed by atoms with Gasteiger partial charge in [0.15, 0.2) is 17.3 Å². The first-order chi connectivity index (χ1) is 18.9. The van der Waals surface area contributed by atoms with Crippen molar-refractivity contribution in [1.29, 1.82) is 5.41 Å². The Labute approximate surface area is 246 Å². The van der Waals surface area contributed by atoms with Crippen molar-refractivity contribution < 1.29 is 19.0 Å². The maximum Gasteiger partial charge on any atom is 0.283 e. The van der Waals surface area contributed by atoms with Gasteiger partial charge in [0, 0.05) is 5.92 Å². The lowest BCUT2D eigenvalue weighted by atomic mass is 9.90. The second kappa shape index (κ2) is 12.1. The normalized spacial score (nSPS) is 18.7. The number of fused-ring (bicyclic) bond motifs is 1. The van der Waals surface area contributed by atoms with Gasteiger partial charge in [-0.3, -0.25) is 10.2 Å². The van der Waals surface area contributed by atoms with Gasteiger partial charge in [-0.05, 0) is 95.9 Å². The van der Waals surface area contributed by atoms with Gasteiger partial charge in [0.1, 0.15) is 24.0 Å². The average Bonchev–Trinajstić information content (AvgIpc) is 3.35. The number of hydrazone groups is 1. The molecule has 1 N–H and O–H groups in total. The molecule has 0 saturated heterocycles. The van der Waals surface area contributed by atoms with Crippen molar-refractivity contribution in [2.75, 3.05) is 20.3 Å². The van der Waals surface area contributed by atoms with E-state index in [0.29, 0.717) is 41.4 Å². The molecule has 2 aliphatic heterocycles. The number of para-hydroxylation sites is 1. The van der Waals surface area contributed by atoms with E-state index in [9.17, 15) is 4.79 Å². The minimum Gasteiger partial charge on any atom is -0.493 e. The smallest absolute Gasteiger partial charge is 0.283 e. The first-order valence-electron chi connectivity index (χ1n) is 13.0. The third-order valence-corrected chi connectivity index (χ3v) is 8.84. The average molecular weight is 659 g/mol. The molecule has 0 unspecified atom stereocenters. The number of hydrogen-bond acceptors (Lipinski definition) is 7. The summed E-state index contributed by atoms with van der Waals surface area (Å²) in [6.07, 6.45) is 7.51. The Morgan fingerprint density at radius 3 is 2.49 bits per heavy atom. The van der Waals surface area contributed by atoms with Gasteiger partial charge < -0.3 is 14.2 Å². The highest BCUT2D eigenvalue weighted by atomic mass is 127. The lowest BCUT2D eigenvalue weighted by Gasteiger charge is -2.20. The van der Waals surface area contributed by atoms with E-state index in [1.54, 1.807) is 19.3 Å². The van der Waals surface area contributed by atoms with Crippen LogP contribution in [0.2, 0.25) is 0 Å². The van der Waals surface area contributed by atoms with Crippen molar-refractivity contribution in [3.8, 4) is 17.2 Å². The molecule has 2 aromatic carbocycles. The van der Waals surface area contributed by atoms with Crippen LogP contribution in [0.15, 0.2) is 46.0 Å². The summed E-state index contributed by atoms with van der Waals surface area (Å²) in [6.45, 7) is 4.78. The first kappa shape index (κ1) is 27.7. The summed E-state index contributed by atoms with van der Waals surface area (Å²) in [5, 5.41) is 16.4. The highest BCUT2D eigenvalue weighted by molar-refractivity contribution is 14.1. The van der Waals surface area contributed by atoms with Gasteiger partial charge in [-0.25, -0.2) is 0 Å². The maximum atomic E-state index is 12.9. The van der Waals surface area contributed by atoms with Gasteiger partial charge in [-0.1, -0.05) is 37.5 Å². The fraction of sp³-hybridized carbons (Fsp3) is 0.379. The molecule has 10 heteroatoms. The van der Waals surface area contributed by atoms with E-state index in [1.807, 2.05) is 38.1 Å². The third kappa shape index (κ3) is 6.01. The predicted molar refractivity (Wildman–Crippen MR) is 164 cm³/mol. The molecular weight excluding hydrogens is 627 g/mol. The molecule has 0 aromatic heterocycles. The number of ether oxygens (including phenoxy) is 3. The molecule has 3 aliphatic rings. The number of amidine groups is 2. The van der Waals surface area contributed by atoms with Crippen LogP contribution >= 0.6 is 34.4 Å². The molecule has 1 amide bonds. The van der Waals surface area contributed by atoms with Crippen molar-refractivity contribution in [2.45, 2.75) is 46.0 Å². The molecule has 2 heterocycles. The van der Waals surface area contributed by atoms with Crippen LogP contribution in [0, 0.1) is 28.7 Å². The Bertz CT molecular complexity index is 1380. The van der Waals surface area contributed by atoms with E-state index in [-0.39, 0.29) is 11.4 Å². The number of nitrogens with zero attached hydrogens (tertiary/aromatic N) is 3. The largest absolute Gasteiger partial charge is 0.493 e. The van der Waals surface area contributed by atoms with Crippen molar-refractivity contribution in [2.24, 2.45) is 16.0 Å². The van der Waals surface area contributed by atoms with Crippen LogP contribution < -0.4 is 14.2 Å². The van der Waals surface area contributed by atoms with Gasteiger partial charge >= 0.3 is 0 Å². The number of aliphatic imine (C=N–C) groups is 1. The summed E-state index contributed by atoms with van der Waals surface area (Å²) in [5.41, 5.74) is 3.08. The van der Waals surface area contributed by atoms with Crippen molar-refractivity contribution in [3.63, 3.8) is 0 Å². The molecule has 0 bridgehead atoms. The monoisotopic (exact) mass is 658 g/mol. The van der Waals surface area contributed by atoms with E-state index >= 15 is 0 Å². The molecular formula is C29H31IN4O4S. The lowest BCUT2D eigenvalue weighted by Crippen LogP contribution is -2.35. The molecule has 0 radical (unpaired) electrons. The number of aryl methyl sites for hydroxylation is 2. The summed E-state index contributed by atoms with van der Waals surface area (Å²) in [6, 6.07) is 9.75. The maximum absolute atomic E-state index is 12.9. The molecule has 39 heavy (non-hydrogen) atoms. The van der Waals surface area contributed by atoms with Crippen molar-refractivity contribution in [3.05, 3.63) is 56.2 Å². The first-order valence-corrected chi connectivity index (χ1v) is 14.9. The predicted octanol–water partition coefficient (Wildman–Crippen LogP) is 6.57. The Balaban J connectivity index is 1.30. The number of carbonyl (C=O) groups is 1. The van der Waals surface area contributed by atoms with Crippen molar-refractivity contribution in [1.82, 2.24) is 5.01 Å². The van der Waals surface area contributed by atoms with E-state index in [4.69, 9.17) is 19.6 Å². The number of methoxy groups -OCH3 is 1. The summed E-state index contributed by atoms with van der Waals surface area (Å²) in [7, 11) is 1.58. The zero-order valence-electron chi connectivity index (χ0n) is 22.3. The van der Waals surface area contributed by atoms with E-state index in [0.717, 1.165) is 38.3 Å². The Hall–Kier alpha value is -2.86. The molecule has 0 atom stereocenters. The van der Waals surface area contributed by atoms with Crippen LogP contribution in [0.3, 0.4) is 0 Å². The van der Waals surface area contributed by atoms with Crippen LogP contribution in [0.4, 0.5) is 0 Å². The van der Waals surface area contributed by atoms with E-state index < -0.39 is 5.91 Å². The number of hydrogen-bond donors (Lipinski definition) is 1. The van der Waals surface area contributed by atoms with Crippen LogP contribution in [0.5, 0.6) is 17.2 Å². The zero-order chi connectivity index (χ0) is 27.5. The highest BCUT2D eigenvalue weighted by Crippen LogP contribution is 2.38. The van der Waals surface area contributed by atoms with Gasteiger partial charge in [0.05, 0.1) is 16.3 Å². The number of nitrogens with one attached hydrogen (secondary N) is 1. The number of carbonyl (C=O) groups excluding carboxylic acids is 1. The van der Waals surface area contributed by atoms with Gasteiger partial charge in [-0.2, -0.15) is 15.1 Å². The molecule has 204 valence electrons. The van der Waals surface area contributed by atoms with E-state index in [1.165, 1.54) is 36.0 Å². The minimum atomic E-state index is -0.434. The number of halogens is 1. The van der Waals surface area contributed by atoms with Gasteiger partial charge in [-0.15, -0.1) is 0 Å². The van der Waals surface area contributed by atoms with Crippen LogP contribution in [-0.4, -0.2) is 47.3 Å². The SMILES string of the molecule is COc1cc(/C=C2/C(=N)N3N=C(C4CCCCC4)SC3=NC2=O)cc(I)c1OCCOc1c(C)cccc1C. The third-order valence-electron chi connectivity index (χ3n) is 6.97. The lowest BCUT2D eigenvalue weighted by molar-refractivity contribution is -0.114. The fourth-order valence-corrected chi connectivity index (χ4v) is 6.81. The van der Waals surface area contributed by atoms with Crippen LogP contribution in [-0.2, 0) is 4.79 Å². The topological polar surface area (TPSA) is 96.6 Å². The molecule has 0 spiro atoms. The van der Waals surface area contributed by atoms with Gasteiger partial charge in [0.2, 0.25) is 5.17 Å². The number of benzene rings is 2. The molecule has 2 aromatic rings. The minimum absolute atomic E-state index is 0.0428. The summed E-state index contributed by atoms with van der Waals surface area (Å²) in [5.74, 6) is 2.01. The fourth-order valence-electron chi connectivity index (χ4n) is 4.97. The number of rotatable bonds is 8. The second-order valence-corrected chi connectivity index (χ2v) is 11.9. The van der Waals surface area contributed by atoms with Gasteiger partial charge in [0.25, 0.3) is 5.91 Å². The highest BCUT2D eigenvalue weighted by Gasteiger charge is 2.38. The Kier molecular flexibility index (Phi) is 8.61. The van der Waals surface area contributed by atoms with E-state index in [2.05, 4.69) is 32.7 Å². The molecule has 8 nitrogen and oxygen atoms in total. The molecule has 5 rings (SSSR count). The Morgan fingerprint density at radius 1 is 1.10 bits per heavy atom. The molecule has 1 aliphatic carbocycles. The number of thioether (sulfide) groups is 1. The van der Waals surface area contributed by atoms with Crippen LogP contribution in [0.1, 0.15) is 48.8 Å². The quantitative estimate of drug-likeness (QED) is 0.196.